The number of anilines is 1. The van der Waals surface area contributed by atoms with Crippen molar-refractivity contribution >= 4 is 17.7 Å². The molecule has 2 aromatic carbocycles. The zero-order valence-electron chi connectivity index (χ0n) is 37.1. The van der Waals surface area contributed by atoms with Crippen LogP contribution in [0.15, 0.2) is 127 Å². The lowest BCUT2D eigenvalue weighted by atomic mass is 9.93. The van der Waals surface area contributed by atoms with Gasteiger partial charge in [-0.2, -0.15) is 0 Å². The largest absolute Gasteiger partial charge is 0.352 e. The highest BCUT2D eigenvalue weighted by Gasteiger charge is 2.33. The first-order valence-corrected chi connectivity index (χ1v) is 24.3. The fourth-order valence-corrected chi connectivity index (χ4v) is 9.53. The van der Waals surface area contributed by atoms with E-state index in [2.05, 4.69) is 70.5 Å². The molecule has 12 nitrogen and oxygen atoms in total. The van der Waals surface area contributed by atoms with E-state index < -0.39 is 0 Å². The number of imidazole rings is 2. The van der Waals surface area contributed by atoms with Crippen LogP contribution in [0.25, 0.3) is 45.3 Å². The van der Waals surface area contributed by atoms with Crippen molar-refractivity contribution in [2.24, 2.45) is 5.73 Å². The number of aromatic nitrogens is 10. The lowest BCUT2D eigenvalue weighted by molar-refractivity contribution is 0.418. The van der Waals surface area contributed by atoms with Gasteiger partial charge in [0.2, 0.25) is 5.95 Å². The molecule has 12 rings (SSSR count). The number of rotatable bonds is 11. The Labute approximate surface area is 395 Å². The molecule has 67 heavy (non-hydrogen) atoms. The molecule has 2 saturated carbocycles. The normalized spacial score (nSPS) is 17.2. The molecule has 6 aromatic heterocycles. The van der Waals surface area contributed by atoms with Crippen molar-refractivity contribution < 1.29 is 8.78 Å². The van der Waals surface area contributed by atoms with Crippen LogP contribution in [-0.4, -0.2) is 66.5 Å². The number of halogens is 2. The molecule has 2 fully saturated rings. The maximum absolute atomic E-state index is 13.6. The first-order valence-electron chi connectivity index (χ1n) is 23.1. The molecule has 0 radical (unpaired) electrons. The number of nitrogens with one attached hydrogen (secondary N) is 1. The third-order valence-electron chi connectivity index (χ3n) is 13.1. The van der Waals surface area contributed by atoms with Gasteiger partial charge in [0, 0.05) is 86.3 Å². The number of nitrogens with two attached hydrogens (primary N) is 1. The van der Waals surface area contributed by atoms with Crippen molar-refractivity contribution in [1.29, 1.82) is 0 Å². The summed E-state index contributed by atoms with van der Waals surface area (Å²) in [6, 6.07) is 26.8. The molecule has 0 amide bonds. The Bertz CT molecular complexity index is 2850. The Morgan fingerprint density at radius 1 is 0.612 bits per heavy atom. The van der Waals surface area contributed by atoms with Gasteiger partial charge in [-0.05, 0) is 136 Å². The first kappa shape index (κ1) is 45.7. The van der Waals surface area contributed by atoms with Crippen LogP contribution >= 0.6 is 11.8 Å². The predicted molar refractivity (Wildman–Crippen MR) is 262 cm³/mol. The SMILES string of the molecule is C.CSc1nccc(-c2c(-c3ccc(F)cc3)nc3n2[C@H](Cn2cccc2)CC3)n1.Fc1ccc(-c2nc3n(c2-c2ccnc(NC4CCC4)n2)[C@H](Cn2cccc2)CC3)cc1.NC1CCC1. The summed E-state index contributed by atoms with van der Waals surface area (Å²) in [7, 11) is 0. The zero-order valence-corrected chi connectivity index (χ0v) is 37.9. The summed E-state index contributed by atoms with van der Waals surface area (Å²) >= 11 is 1.52. The number of thioether (sulfide) groups is 1. The summed E-state index contributed by atoms with van der Waals surface area (Å²) in [4.78, 5) is 28.4. The van der Waals surface area contributed by atoms with E-state index in [-0.39, 0.29) is 25.1 Å². The van der Waals surface area contributed by atoms with Gasteiger partial charge < -0.3 is 29.3 Å². The summed E-state index contributed by atoms with van der Waals surface area (Å²) in [5, 5.41) is 4.18. The lowest BCUT2D eigenvalue weighted by Crippen LogP contribution is -2.28. The van der Waals surface area contributed by atoms with E-state index >= 15 is 0 Å². The van der Waals surface area contributed by atoms with Crippen LogP contribution in [0.3, 0.4) is 0 Å². The number of aryl methyl sites for hydroxylation is 2. The van der Waals surface area contributed by atoms with E-state index in [1.165, 1.54) is 61.7 Å². The molecule has 0 saturated heterocycles. The van der Waals surface area contributed by atoms with E-state index in [1.807, 2.05) is 36.7 Å². The maximum Gasteiger partial charge on any atom is 0.223 e. The van der Waals surface area contributed by atoms with Crippen LogP contribution in [-0.2, 0) is 25.9 Å². The quantitative estimate of drug-likeness (QED) is 0.0960. The smallest absolute Gasteiger partial charge is 0.223 e. The van der Waals surface area contributed by atoms with Gasteiger partial charge in [0.25, 0.3) is 0 Å². The van der Waals surface area contributed by atoms with Crippen molar-refractivity contribution in [1.82, 2.24) is 48.2 Å². The molecule has 0 bridgehead atoms. The molecule has 2 atom stereocenters. The van der Waals surface area contributed by atoms with Crippen molar-refractivity contribution in [2.75, 3.05) is 11.6 Å². The minimum atomic E-state index is -0.251. The van der Waals surface area contributed by atoms with Gasteiger partial charge >= 0.3 is 0 Å². The molecule has 2 aliphatic carbocycles. The van der Waals surface area contributed by atoms with E-state index in [0.29, 0.717) is 24.1 Å². The Hall–Kier alpha value is -6.45. The highest BCUT2D eigenvalue weighted by atomic mass is 32.2. The summed E-state index contributed by atoms with van der Waals surface area (Å²) in [6.45, 7) is 1.76. The van der Waals surface area contributed by atoms with Gasteiger partial charge in [-0.3, -0.25) is 0 Å². The van der Waals surface area contributed by atoms with Crippen LogP contribution in [0, 0.1) is 11.6 Å². The standard InChI is InChI=1S/C25H25FN6.C22H20FN5S.C4H9N.CH4/c26-18-8-6-17(7-9-18)23-24(21-12-13-27-25(29-21)28-19-4-3-5-19)32-20(10-11-22(32)30-23)16-31-14-1-2-15-31;1-29-22-24-11-10-18(25-22)21-20(15-4-6-16(23)7-5-15)26-19-9-8-17(28(19)21)14-27-12-2-3-13-27;5-4-2-1-3-4;/h1-2,6-9,12-15,19-20H,3-5,10-11,16H2,(H,27,28,29);2-7,10-13,17H,8-9,14H2,1H3;4H,1-3,5H2;1H4/t20-;17-;;/m00../s1. The molecule has 8 aromatic rings. The average molecular weight is 921 g/mol. The third-order valence-corrected chi connectivity index (χ3v) is 13.6. The second kappa shape index (κ2) is 20.6. The number of benzene rings is 2. The number of hydrogen-bond donors (Lipinski definition) is 2. The van der Waals surface area contributed by atoms with Gasteiger partial charge in [-0.25, -0.2) is 38.7 Å². The molecule has 0 spiro atoms. The fraction of sp³-hybridized carbons (Fsp3) is 0.346. The van der Waals surface area contributed by atoms with Crippen molar-refractivity contribution in [3.05, 3.63) is 145 Å². The molecule has 3 N–H and O–H groups in total. The third kappa shape index (κ3) is 10.1. The molecule has 4 aliphatic rings. The van der Waals surface area contributed by atoms with Crippen LogP contribution in [0.5, 0.6) is 0 Å². The van der Waals surface area contributed by atoms with Crippen molar-refractivity contribution in [3.8, 4) is 45.3 Å². The predicted octanol–water partition coefficient (Wildman–Crippen LogP) is 11.1. The van der Waals surface area contributed by atoms with Gasteiger partial charge in [-0.1, -0.05) is 25.6 Å². The first-order chi connectivity index (χ1) is 32.4. The second-order valence-corrected chi connectivity index (χ2v) is 18.3. The Kier molecular flexibility index (Phi) is 14.0. The Morgan fingerprint density at radius 3 is 1.51 bits per heavy atom. The molecule has 8 heterocycles. The highest BCUT2D eigenvalue weighted by Crippen LogP contribution is 2.42. The van der Waals surface area contributed by atoms with Crippen molar-refractivity contribution in [3.63, 3.8) is 0 Å². The summed E-state index contributed by atoms with van der Waals surface area (Å²) in [5.41, 5.74) is 12.5. The molecule has 0 unspecified atom stereocenters. The molecule has 346 valence electrons. The maximum atomic E-state index is 13.6. The van der Waals surface area contributed by atoms with Gasteiger partial charge in [-0.15, -0.1) is 0 Å². The minimum Gasteiger partial charge on any atom is -0.352 e. The number of nitrogens with zero attached hydrogens (tertiary/aromatic N) is 10. The zero-order chi connectivity index (χ0) is 45.0. The molecular formula is C52H58F2N12S. The molecule has 2 aliphatic heterocycles. The van der Waals surface area contributed by atoms with E-state index in [4.69, 9.17) is 25.7 Å². The van der Waals surface area contributed by atoms with E-state index in [9.17, 15) is 8.78 Å². The van der Waals surface area contributed by atoms with Gasteiger partial charge in [0.1, 0.15) is 23.3 Å². The lowest BCUT2D eigenvalue weighted by Gasteiger charge is -2.26. The minimum absolute atomic E-state index is 0. The average Bonchev–Trinajstić information content (AvgIpc) is 4.19. The monoisotopic (exact) mass is 920 g/mol. The van der Waals surface area contributed by atoms with E-state index in [0.717, 1.165) is 114 Å². The van der Waals surface area contributed by atoms with Crippen LogP contribution in [0.2, 0.25) is 0 Å². The Morgan fingerprint density at radius 2 is 1.07 bits per heavy atom. The fourth-order valence-electron chi connectivity index (χ4n) is 9.18. The van der Waals surface area contributed by atoms with Crippen molar-refractivity contribution in [2.45, 2.75) is 114 Å². The van der Waals surface area contributed by atoms with Crippen LogP contribution in [0.4, 0.5) is 14.7 Å². The summed E-state index contributed by atoms with van der Waals surface area (Å²) in [5.74, 6) is 2.28. The van der Waals surface area contributed by atoms with Gasteiger partial charge in [0.05, 0.1) is 46.2 Å². The Balaban J connectivity index is 0.000000150. The summed E-state index contributed by atoms with van der Waals surface area (Å²) in [6.07, 6.45) is 25.3. The second-order valence-electron chi connectivity index (χ2n) is 17.5. The number of fused-ring (bicyclic) bond motifs is 2. The molecule has 15 heteroatoms. The number of hydrogen-bond acceptors (Lipinski definition) is 9. The van der Waals surface area contributed by atoms with Gasteiger partial charge in [0.15, 0.2) is 5.16 Å². The molecular weight excluding hydrogens is 863 g/mol. The highest BCUT2D eigenvalue weighted by molar-refractivity contribution is 7.98. The van der Waals surface area contributed by atoms with E-state index in [1.54, 1.807) is 30.5 Å². The van der Waals surface area contributed by atoms with Crippen LogP contribution < -0.4 is 11.1 Å². The van der Waals surface area contributed by atoms with Crippen LogP contribution in [0.1, 0.15) is 82.5 Å². The topological polar surface area (TPSA) is 135 Å². The summed E-state index contributed by atoms with van der Waals surface area (Å²) < 4.78 is 36.2.